The molecule has 1 N–H and O–H groups in total. The largest absolute Gasteiger partial charge is 0.474 e. The van der Waals surface area contributed by atoms with Crippen molar-refractivity contribution in [1.29, 1.82) is 0 Å². The van der Waals surface area contributed by atoms with Gasteiger partial charge in [0.25, 0.3) is 0 Å². The Hall–Kier alpha value is -4.19. The van der Waals surface area contributed by atoms with Gasteiger partial charge < -0.3 is 24.3 Å². The fraction of sp³-hybridized carbons (Fsp3) is 0.419. The third-order valence-electron chi connectivity index (χ3n) is 8.02. The number of nitrogens with zero attached hydrogens (tertiary/aromatic N) is 5. The van der Waals surface area contributed by atoms with E-state index in [0.717, 1.165) is 47.1 Å². The van der Waals surface area contributed by atoms with Gasteiger partial charge in [-0.1, -0.05) is 6.92 Å². The molecule has 0 aromatic carbocycles. The van der Waals surface area contributed by atoms with Gasteiger partial charge in [-0.25, -0.2) is 9.97 Å². The molecule has 6 heterocycles. The summed E-state index contributed by atoms with van der Waals surface area (Å²) in [6, 6.07) is 6.59. The Bertz CT molecular complexity index is 1650. The summed E-state index contributed by atoms with van der Waals surface area (Å²) in [6.45, 7) is 6.09. The molecule has 1 saturated heterocycles. The van der Waals surface area contributed by atoms with Crippen LogP contribution < -0.4 is 9.47 Å². The molecular formula is C31H33F3N6O3. The number of halogens is 3. The van der Waals surface area contributed by atoms with Crippen LogP contribution in [0.3, 0.4) is 0 Å². The molecule has 9 nitrogen and oxygen atoms in total. The van der Waals surface area contributed by atoms with Gasteiger partial charge in [-0.2, -0.15) is 13.2 Å². The second-order valence-corrected chi connectivity index (χ2v) is 11.5. The molecule has 1 atom stereocenters. The van der Waals surface area contributed by atoms with E-state index >= 15 is 0 Å². The number of hydrogen-bond acceptors (Lipinski definition) is 7. The highest BCUT2D eigenvalue weighted by Gasteiger charge is 2.37. The van der Waals surface area contributed by atoms with E-state index < -0.39 is 17.6 Å². The number of carbonyl (C=O) groups excluding carboxylic acids is 1. The number of hydrogen-bond donors (Lipinski definition) is 1. The van der Waals surface area contributed by atoms with Gasteiger partial charge in [0.15, 0.2) is 0 Å². The number of alkyl halides is 3. The first-order chi connectivity index (χ1) is 20.5. The van der Waals surface area contributed by atoms with Crippen molar-refractivity contribution in [3.63, 3.8) is 0 Å². The fourth-order valence-corrected chi connectivity index (χ4v) is 5.79. The smallest absolute Gasteiger partial charge is 0.421 e. The van der Waals surface area contributed by atoms with E-state index in [9.17, 15) is 18.0 Å². The Kier molecular flexibility index (Phi) is 7.72. The maximum absolute atomic E-state index is 14.0. The van der Waals surface area contributed by atoms with E-state index in [1.54, 1.807) is 23.4 Å². The lowest BCUT2D eigenvalue weighted by atomic mass is 9.95. The Morgan fingerprint density at radius 3 is 2.67 bits per heavy atom. The number of rotatable bonds is 6. The van der Waals surface area contributed by atoms with Crippen molar-refractivity contribution in [2.75, 3.05) is 26.7 Å². The number of ether oxygens (including phenoxy) is 2. The predicted molar refractivity (Wildman–Crippen MR) is 153 cm³/mol. The zero-order chi connectivity index (χ0) is 30.3. The summed E-state index contributed by atoms with van der Waals surface area (Å²) < 4.78 is 53.8. The van der Waals surface area contributed by atoms with Gasteiger partial charge >= 0.3 is 6.18 Å². The summed E-state index contributed by atoms with van der Waals surface area (Å²) >= 11 is 0. The topological polar surface area (TPSA) is 96.5 Å². The first-order valence-electron chi connectivity index (χ1n) is 14.3. The van der Waals surface area contributed by atoms with Crippen molar-refractivity contribution in [3.05, 3.63) is 70.9 Å². The third kappa shape index (κ3) is 6.29. The van der Waals surface area contributed by atoms with Crippen LogP contribution in [-0.2, 0) is 23.9 Å². The van der Waals surface area contributed by atoms with E-state index in [1.807, 2.05) is 33.0 Å². The molecule has 1 amide bonds. The Morgan fingerprint density at radius 2 is 1.91 bits per heavy atom. The van der Waals surface area contributed by atoms with Gasteiger partial charge in [-0.15, -0.1) is 0 Å². The molecule has 2 aliphatic heterocycles. The minimum atomic E-state index is -4.66. The lowest BCUT2D eigenvalue weighted by Crippen LogP contribution is -2.39. The van der Waals surface area contributed by atoms with Crippen LogP contribution in [0.2, 0.25) is 0 Å². The van der Waals surface area contributed by atoms with Crippen molar-refractivity contribution >= 4 is 16.9 Å². The van der Waals surface area contributed by atoms with Crippen LogP contribution in [0.4, 0.5) is 13.2 Å². The van der Waals surface area contributed by atoms with E-state index in [-0.39, 0.29) is 36.5 Å². The Balaban J connectivity index is 1.17. The lowest BCUT2D eigenvalue weighted by molar-refractivity contribution is -0.140. The van der Waals surface area contributed by atoms with E-state index in [4.69, 9.17) is 9.47 Å². The number of likely N-dealkylation sites (tertiary alicyclic amines) is 1. The highest BCUT2D eigenvalue weighted by Crippen LogP contribution is 2.37. The highest BCUT2D eigenvalue weighted by atomic mass is 19.4. The van der Waals surface area contributed by atoms with E-state index in [2.05, 4.69) is 24.8 Å². The average molecular weight is 595 g/mol. The molecule has 4 aromatic heterocycles. The van der Waals surface area contributed by atoms with Crippen LogP contribution in [0.1, 0.15) is 53.8 Å². The van der Waals surface area contributed by atoms with Crippen LogP contribution in [0.15, 0.2) is 42.9 Å². The predicted octanol–water partition coefficient (Wildman–Crippen LogP) is 5.63. The molecule has 43 heavy (non-hydrogen) atoms. The number of pyridine rings is 3. The number of carbonyl (C=O) groups is 1. The average Bonchev–Trinajstić information content (AvgIpc) is 3.35. The molecule has 6 rings (SSSR count). The monoisotopic (exact) mass is 594 g/mol. The Morgan fingerprint density at radius 1 is 1.12 bits per heavy atom. The molecule has 0 aliphatic carbocycles. The van der Waals surface area contributed by atoms with Crippen LogP contribution >= 0.6 is 0 Å². The summed E-state index contributed by atoms with van der Waals surface area (Å²) in [5.74, 6) is 0.367. The van der Waals surface area contributed by atoms with Crippen molar-refractivity contribution in [2.24, 2.45) is 0 Å². The standard InChI is InChI=1S/C31H33F3N6O3/c1-18-16-40(17-21-13-23(15-36-28(18)21)42-26-4-7-35-29-24(26)10-19(2)38-29)27(41)12-20-11-25(31(32,33)34)30(37-14-20)43-22-5-8-39(3)9-6-22/h4,7,10-11,13-15,18,22H,5-6,8-9,12,16-17H2,1-3H3,(H,35,38). The Labute approximate surface area is 247 Å². The summed E-state index contributed by atoms with van der Waals surface area (Å²) in [7, 11) is 1.97. The number of aryl methyl sites for hydroxylation is 1. The van der Waals surface area contributed by atoms with Gasteiger partial charge in [-0.3, -0.25) is 9.78 Å². The minimum absolute atomic E-state index is 0.0594. The summed E-state index contributed by atoms with van der Waals surface area (Å²) in [4.78, 5) is 33.3. The maximum atomic E-state index is 14.0. The zero-order valence-corrected chi connectivity index (χ0v) is 24.2. The van der Waals surface area contributed by atoms with Crippen molar-refractivity contribution in [2.45, 2.75) is 57.9 Å². The first-order valence-corrected chi connectivity index (χ1v) is 14.3. The lowest BCUT2D eigenvalue weighted by Gasteiger charge is -2.32. The fourth-order valence-electron chi connectivity index (χ4n) is 5.79. The molecule has 1 fully saturated rings. The quantitative estimate of drug-likeness (QED) is 0.309. The summed E-state index contributed by atoms with van der Waals surface area (Å²) in [6.07, 6.45) is 0.698. The second-order valence-electron chi connectivity index (χ2n) is 11.5. The van der Waals surface area contributed by atoms with Crippen molar-refractivity contribution in [3.8, 4) is 17.4 Å². The van der Waals surface area contributed by atoms with Gasteiger partial charge in [-0.05, 0) is 62.2 Å². The van der Waals surface area contributed by atoms with E-state index in [1.165, 1.54) is 6.20 Å². The number of aromatic amines is 1. The number of piperidine rings is 1. The molecule has 0 spiro atoms. The van der Waals surface area contributed by atoms with Crippen LogP contribution in [0, 0.1) is 6.92 Å². The van der Waals surface area contributed by atoms with E-state index in [0.29, 0.717) is 30.9 Å². The maximum Gasteiger partial charge on any atom is 0.421 e. The molecule has 2 aliphatic rings. The summed E-state index contributed by atoms with van der Waals surface area (Å²) in [5, 5.41) is 0.845. The number of nitrogens with one attached hydrogen (secondary N) is 1. The number of fused-ring (bicyclic) bond motifs is 2. The summed E-state index contributed by atoms with van der Waals surface area (Å²) in [5.41, 5.74) is 2.60. The SMILES string of the molecule is Cc1cc2c(Oc3cnc4c(c3)CN(C(=O)Cc3cnc(OC5CCN(C)CC5)c(C(F)(F)F)c3)CC4C)ccnc2[nH]1. The molecule has 12 heteroatoms. The highest BCUT2D eigenvalue weighted by molar-refractivity contribution is 5.83. The number of aromatic nitrogens is 4. The second kappa shape index (κ2) is 11.5. The first kappa shape index (κ1) is 28.9. The third-order valence-corrected chi connectivity index (χ3v) is 8.02. The number of H-pyrrole nitrogens is 1. The van der Waals surface area contributed by atoms with Crippen molar-refractivity contribution < 1.29 is 27.4 Å². The molecule has 1 unspecified atom stereocenters. The molecule has 0 radical (unpaired) electrons. The van der Waals surface area contributed by atoms with Gasteiger partial charge in [0.05, 0.1) is 23.7 Å². The minimum Gasteiger partial charge on any atom is -0.474 e. The molecule has 0 saturated carbocycles. The number of amides is 1. The molecule has 0 bridgehead atoms. The van der Waals surface area contributed by atoms with Crippen molar-refractivity contribution in [1.82, 2.24) is 29.7 Å². The van der Waals surface area contributed by atoms with Gasteiger partial charge in [0, 0.05) is 50.2 Å². The van der Waals surface area contributed by atoms with Crippen LogP contribution in [0.25, 0.3) is 11.0 Å². The normalized spacial score (nSPS) is 18.1. The zero-order valence-electron chi connectivity index (χ0n) is 24.2. The molecule has 4 aromatic rings. The van der Waals surface area contributed by atoms with Crippen LogP contribution in [-0.4, -0.2) is 68.4 Å². The molecule has 226 valence electrons. The molecular weight excluding hydrogens is 561 g/mol. The van der Waals surface area contributed by atoms with Gasteiger partial charge in [0.2, 0.25) is 11.8 Å². The van der Waals surface area contributed by atoms with Gasteiger partial charge in [0.1, 0.15) is 28.8 Å². The van der Waals surface area contributed by atoms with Crippen LogP contribution in [0.5, 0.6) is 17.4 Å².